The minimum atomic E-state index is -0.636. The van der Waals surface area contributed by atoms with E-state index in [4.69, 9.17) is 16.3 Å². The fraction of sp³-hybridized carbons (Fsp3) is 0.118. The van der Waals surface area contributed by atoms with Gasteiger partial charge < -0.3 is 4.74 Å². The van der Waals surface area contributed by atoms with Crippen molar-refractivity contribution in [3.05, 3.63) is 79.8 Å². The van der Waals surface area contributed by atoms with Crippen LogP contribution in [0, 0.1) is 0 Å². The van der Waals surface area contributed by atoms with Crippen molar-refractivity contribution in [3.8, 4) is 0 Å². The minimum Gasteiger partial charge on any atom is -0.459 e. The van der Waals surface area contributed by atoms with Crippen LogP contribution in [-0.2, 0) is 22.7 Å². The third-order valence-corrected chi connectivity index (χ3v) is 3.69. The monoisotopic (exact) mass is 344 g/mol. The lowest BCUT2D eigenvalue weighted by Gasteiger charge is -2.08. The molecule has 0 saturated carbocycles. The summed E-state index contributed by atoms with van der Waals surface area (Å²) in [6.45, 7) is -0.342. The number of benzene rings is 2. The summed E-state index contributed by atoms with van der Waals surface area (Å²) in [7, 11) is 0. The number of H-pyrrole nitrogens is 1. The third kappa shape index (κ3) is 3.38. The molecule has 0 radical (unpaired) electrons. The molecule has 3 rings (SSSR count). The van der Waals surface area contributed by atoms with Gasteiger partial charge in [-0.25, -0.2) is 4.68 Å². The van der Waals surface area contributed by atoms with Crippen LogP contribution in [0.3, 0.4) is 0 Å². The van der Waals surface area contributed by atoms with Gasteiger partial charge in [0.05, 0.1) is 10.8 Å². The van der Waals surface area contributed by atoms with E-state index in [9.17, 15) is 14.4 Å². The molecule has 1 heterocycles. The van der Waals surface area contributed by atoms with Crippen LogP contribution in [0.4, 0.5) is 0 Å². The van der Waals surface area contributed by atoms with Crippen molar-refractivity contribution in [2.75, 3.05) is 0 Å². The van der Waals surface area contributed by atoms with E-state index in [1.165, 1.54) is 0 Å². The summed E-state index contributed by atoms with van der Waals surface area (Å²) in [6.07, 6.45) is 0. The first-order chi connectivity index (χ1) is 11.5. The first kappa shape index (κ1) is 16.0. The molecule has 0 aliphatic rings. The van der Waals surface area contributed by atoms with Crippen molar-refractivity contribution in [1.82, 2.24) is 9.78 Å². The molecular weight excluding hydrogens is 332 g/mol. The lowest BCUT2D eigenvalue weighted by atomic mass is 10.2. The number of aromatic amines is 1. The Bertz CT molecular complexity index is 1020. The number of rotatable bonds is 4. The number of ether oxygens (including phenoxy) is 1. The topological polar surface area (TPSA) is 81.2 Å². The second kappa shape index (κ2) is 6.72. The average Bonchev–Trinajstić information content (AvgIpc) is 2.58. The highest BCUT2D eigenvalue weighted by molar-refractivity contribution is 6.30. The van der Waals surface area contributed by atoms with Gasteiger partial charge in [-0.05, 0) is 29.8 Å². The van der Waals surface area contributed by atoms with Crippen molar-refractivity contribution in [3.63, 3.8) is 0 Å². The number of nitrogens with zero attached hydrogens (tertiary/aromatic N) is 1. The zero-order chi connectivity index (χ0) is 17.1. The molecule has 2 aromatic carbocycles. The van der Waals surface area contributed by atoms with E-state index in [2.05, 4.69) is 5.10 Å². The summed E-state index contributed by atoms with van der Waals surface area (Å²) >= 11 is 5.86. The summed E-state index contributed by atoms with van der Waals surface area (Å²) in [6, 6.07) is 13.3. The van der Waals surface area contributed by atoms with Crippen LogP contribution in [0.25, 0.3) is 10.8 Å². The van der Waals surface area contributed by atoms with Gasteiger partial charge >= 0.3 is 5.97 Å². The van der Waals surface area contributed by atoms with Gasteiger partial charge in [0.1, 0.15) is 13.2 Å². The number of esters is 1. The smallest absolute Gasteiger partial charge is 0.328 e. The van der Waals surface area contributed by atoms with Gasteiger partial charge in [-0.3, -0.25) is 19.5 Å². The molecule has 1 N–H and O–H groups in total. The molecule has 0 bridgehead atoms. The molecule has 0 atom stereocenters. The molecule has 0 fully saturated rings. The lowest BCUT2D eigenvalue weighted by molar-refractivity contribution is -0.146. The molecule has 0 aliphatic carbocycles. The number of aromatic nitrogens is 2. The van der Waals surface area contributed by atoms with E-state index >= 15 is 0 Å². The Hall–Kier alpha value is -2.86. The lowest BCUT2D eigenvalue weighted by Crippen LogP contribution is -2.32. The van der Waals surface area contributed by atoms with E-state index in [1.807, 2.05) is 0 Å². The van der Waals surface area contributed by atoms with Crippen molar-refractivity contribution < 1.29 is 9.53 Å². The largest absolute Gasteiger partial charge is 0.459 e. The van der Waals surface area contributed by atoms with Crippen LogP contribution in [0.5, 0.6) is 0 Å². The van der Waals surface area contributed by atoms with Gasteiger partial charge in [0.15, 0.2) is 0 Å². The molecule has 7 heteroatoms. The minimum absolute atomic E-state index is 0.0337. The molecule has 6 nitrogen and oxygen atoms in total. The molecule has 0 amide bonds. The van der Waals surface area contributed by atoms with E-state index in [0.29, 0.717) is 5.02 Å². The molecule has 1 aromatic heterocycles. The first-order valence-electron chi connectivity index (χ1n) is 7.16. The van der Waals surface area contributed by atoms with Gasteiger partial charge in [-0.15, -0.1) is 0 Å². The maximum Gasteiger partial charge on any atom is 0.328 e. The van der Waals surface area contributed by atoms with Gasteiger partial charge in [-0.1, -0.05) is 35.9 Å². The first-order valence-corrected chi connectivity index (χ1v) is 7.54. The Morgan fingerprint density at radius 2 is 1.83 bits per heavy atom. The van der Waals surface area contributed by atoms with E-state index < -0.39 is 17.1 Å². The molecule has 0 saturated heterocycles. The van der Waals surface area contributed by atoms with Crippen molar-refractivity contribution in [2.24, 2.45) is 0 Å². The van der Waals surface area contributed by atoms with Gasteiger partial charge in [-0.2, -0.15) is 0 Å². The molecule has 0 spiro atoms. The standard InChI is InChI=1S/C17H13ClN2O4/c18-12-5-3-4-11(8-12)10-24-15(21)9-20-17(23)14-7-2-1-6-13(14)16(22)19-20/h1-8H,9-10H2,(H,19,22). The van der Waals surface area contributed by atoms with E-state index in [-0.39, 0.29) is 23.9 Å². The van der Waals surface area contributed by atoms with Gasteiger partial charge in [0, 0.05) is 5.02 Å². The van der Waals surface area contributed by atoms with Crippen LogP contribution in [0.2, 0.25) is 5.02 Å². The summed E-state index contributed by atoms with van der Waals surface area (Å²) in [4.78, 5) is 36.2. The summed E-state index contributed by atoms with van der Waals surface area (Å²) in [5, 5.41) is 3.46. The molecule has 3 aromatic rings. The van der Waals surface area contributed by atoms with Crippen molar-refractivity contribution >= 4 is 28.3 Å². The zero-order valence-electron chi connectivity index (χ0n) is 12.5. The fourth-order valence-electron chi connectivity index (χ4n) is 2.32. The number of hydrogen-bond donors (Lipinski definition) is 1. The maximum absolute atomic E-state index is 12.3. The second-order valence-electron chi connectivity index (χ2n) is 5.17. The van der Waals surface area contributed by atoms with E-state index in [0.717, 1.165) is 10.2 Å². The number of halogens is 1. The summed E-state index contributed by atoms with van der Waals surface area (Å²) in [5.74, 6) is -0.636. The second-order valence-corrected chi connectivity index (χ2v) is 5.60. The SMILES string of the molecule is O=C(Cn1[nH]c(=O)c2ccccc2c1=O)OCc1cccc(Cl)c1. The zero-order valence-corrected chi connectivity index (χ0v) is 13.2. The number of fused-ring (bicyclic) bond motifs is 1. The number of carbonyl (C=O) groups is 1. The highest BCUT2D eigenvalue weighted by Gasteiger charge is 2.11. The Kier molecular flexibility index (Phi) is 4.48. The predicted molar refractivity (Wildman–Crippen MR) is 90.1 cm³/mol. The van der Waals surface area contributed by atoms with Crippen LogP contribution < -0.4 is 11.1 Å². The van der Waals surface area contributed by atoms with Crippen LogP contribution in [0.15, 0.2) is 58.1 Å². The molecule has 0 unspecified atom stereocenters. The Labute approximate surface area is 141 Å². The number of carbonyl (C=O) groups excluding carboxylic acids is 1. The maximum atomic E-state index is 12.3. The molecule has 0 aliphatic heterocycles. The molecular formula is C17H13ClN2O4. The highest BCUT2D eigenvalue weighted by atomic mass is 35.5. The Morgan fingerprint density at radius 3 is 2.58 bits per heavy atom. The van der Waals surface area contributed by atoms with Crippen LogP contribution in [-0.4, -0.2) is 15.7 Å². The Morgan fingerprint density at radius 1 is 1.08 bits per heavy atom. The van der Waals surface area contributed by atoms with Crippen molar-refractivity contribution in [1.29, 1.82) is 0 Å². The highest BCUT2D eigenvalue weighted by Crippen LogP contribution is 2.11. The summed E-state index contributed by atoms with van der Waals surface area (Å²) in [5.41, 5.74) is -0.159. The predicted octanol–water partition coefficient (Wildman–Crippen LogP) is 2.09. The summed E-state index contributed by atoms with van der Waals surface area (Å²) < 4.78 is 6.06. The normalized spacial score (nSPS) is 10.7. The van der Waals surface area contributed by atoms with E-state index in [1.54, 1.807) is 48.5 Å². The molecule has 122 valence electrons. The van der Waals surface area contributed by atoms with Crippen LogP contribution in [0.1, 0.15) is 5.56 Å². The van der Waals surface area contributed by atoms with Crippen molar-refractivity contribution in [2.45, 2.75) is 13.2 Å². The molecule has 24 heavy (non-hydrogen) atoms. The Balaban J connectivity index is 1.77. The number of nitrogens with one attached hydrogen (secondary N) is 1. The quantitative estimate of drug-likeness (QED) is 0.735. The number of hydrogen-bond acceptors (Lipinski definition) is 4. The van der Waals surface area contributed by atoms with Gasteiger partial charge in [0.2, 0.25) is 0 Å². The third-order valence-electron chi connectivity index (χ3n) is 3.46. The van der Waals surface area contributed by atoms with Gasteiger partial charge in [0.25, 0.3) is 11.1 Å². The van der Waals surface area contributed by atoms with Crippen LogP contribution >= 0.6 is 11.6 Å². The fourth-order valence-corrected chi connectivity index (χ4v) is 2.54. The average molecular weight is 345 g/mol.